The highest BCUT2D eigenvalue weighted by Gasteiger charge is 2.42. The number of carbonyl (C=O) groups excluding carboxylic acids is 1. The monoisotopic (exact) mass is 212 g/mol. The van der Waals surface area contributed by atoms with Crippen LogP contribution in [0.25, 0.3) is 0 Å². The van der Waals surface area contributed by atoms with Gasteiger partial charge in [-0.3, -0.25) is 4.79 Å². The number of hydrogen-bond acceptors (Lipinski definition) is 3. The molecule has 0 bridgehead atoms. The molecule has 0 spiro atoms. The lowest BCUT2D eigenvalue weighted by Gasteiger charge is -2.23. The Morgan fingerprint density at radius 1 is 1.53 bits per heavy atom. The minimum Gasteiger partial charge on any atom is -0.396 e. The van der Waals surface area contributed by atoms with Gasteiger partial charge >= 0.3 is 0 Å². The summed E-state index contributed by atoms with van der Waals surface area (Å²) in [5.74, 6) is 0.287. The summed E-state index contributed by atoms with van der Waals surface area (Å²) in [4.78, 5) is 11.8. The molecule has 2 fully saturated rings. The van der Waals surface area contributed by atoms with Crippen molar-refractivity contribution in [2.75, 3.05) is 26.2 Å². The zero-order valence-corrected chi connectivity index (χ0v) is 9.09. The minimum atomic E-state index is 0.0256. The number of aliphatic hydroxyl groups is 1. The Morgan fingerprint density at radius 2 is 2.33 bits per heavy atom. The van der Waals surface area contributed by atoms with E-state index in [0.717, 1.165) is 38.8 Å². The second kappa shape index (κ2) is 4.49. The van der Waals surface area contributed by atoms with Crippen molar-refractivity contribution < 1.29 is 9.90 Å². The normalized spacial score (nSPS) is 28.5. The molecule has 0 radical (unpaired) electrons. The molecule has 1 saturated heterocycles. The second-order valence-electron chi connectivity index (χ2n) is 4.92. The van der Waals surface area contributed by atoms with Crippen molar-refractivity contribution in [3.63, 3.8) is 0 Å². The van der Waals surface area contributed by atoms with Crippen LogP contribution in [0.15, 0.2) is 0 Å². The molecular formula is C11H20N2O2. The topological polar surface area (TPSA) is 61.4 Å². The molecule has 1 amide bonds. The number of amides is 1. The summed E-state index contributed by atoms with van der Waals surface area (Å²) in [6.45, 7) is 2.69. The molecular weight excluding hydrogens is 192 g/mol. The van der Waals surface area contributed by atoms with Gasteiger partial charge in [0.25, 0.3) is 0 Å². The summed E-state index contributed by atoms with van der Waals surface area (Å²) < 4.78 is 0. The first kappa shape index (κ1) is 10.9. The summed E-state index contributed by atoms with van der Waals surface area (Å²) in [5.41, 5.74) is 0.0256. The highest BCUT2D eigenvalue weighted by molar-refractivity contribution is 5.79. The number of rotatable bonds is 4. The Kier molecular flexibility index (Phi) is 3.26. The average molecular weight is 212 g/mol. The number of hydrogen-bond donors (Lipinski definition) is 3. The third-order valence-corrected chi connectivity index (χ3v) is 3.60. The van der Waals surface area contributed by atoms with Crippen molar-refractivity contribution in [3.8, 4) is 0 Å². The van der Waals surface area contributed by atoms with E-state index in [2.05, 4.69) is 10.6 Å². The summed E-state index contributed by atoms with van der Waals surface area (Å²) in [6, 6.07) is 0. The molecule has 1 aliphatic heterocycles. The van der Waals surface area contributed by atoms with Crippen LogP contribution in [-0.4, -0.2) is 37.3 Å². The zero-order chi connectivity index (χ0) is 10.7. The fourth-order valence-corrected chi connectivity index (χ4v) is 2.06. The smallest absolute Gasteiger partial charge is 0.224 e. The molecule has 0 unspecified atom stereocenters. The van der Waals surface area contributed by atoms with E-state index < -0.39 is 0 Å². The van der Waals surface area contributed by atoms with Crippen molar-refractivity contribution in [3.05, 3.63) is 0 Å². The summed E-state index contributed by atoms with van der Waals surface area (Å²) in [5, 5.41) is 15.3. The van der Waals surface area contributed by atoms with E-state index in [4.69, 9.17) is 5.11 Å². The van der Waals surface area contributed by atoms with Crippen molar-refractivity contribution in [1.82, 2.24) is 10.6 Å². The van der Waals surface area contributed by atoms with Crippen LogP contribution >= 0.6 is 0 Å². The van der Waals surface area contributed by atoms with E-state index in [1.165, 1.54) is 0 Å². The highest BCUT2D eigenvalue weighted by Crippen LogP contribution is 2.44. The first-order chi connectivity index (χ1) is 7.26. The van der Waals surface area contributed by atoms with Gasteiger partial charge in [-0.05, 0) is 32.2 Å². The fraction of sp³-hybridized carbons (Fsp3) is 0.909. The molecule has 1 heterocycles. The maximum absolute atomic E-state index is 11.8. The molecule has 4 nitrogen and oxygen atoms in total. The molecule has 0 aromatic carbocycles. The van der Waals surface area contributed by atoms with Gasteiger partial charge in [-0.2, -0.15) is 0 Å². The van der Waals surface area contributed by atoms with Crippen molar-refractivity contribution in [2.24, 2.45) is 11.3 Å². The van der Waals surface area contributed by atoms with Gasteiger partial charge in [-0.25, -0.2) is 0 Å². The molecule has 15 heavy (non-hydrogen) atoms. The van der Waals surface area contributed by atoms with Crippen LogP contribution in [0.5, 0.6) is 0 Å². The lowest BCUT2D eigenvalue weighted by molar-refractivity contribution is -0.125. The Labute approximate surface area is 90.4 Å². The van der Waals surface area contributed by atoms with Gasteiger partial charge in [0.1, 0.15) is 0 Å². The van der Waals surface area contributed by atoms with Crippen LogP contribution in [0.4, 0.5) is 0 Å². The summed E-state index contributed by atoms with van der Waals surface area (Å²) in [6.07, 6.45) is 4.17. The number of carbonyl (C=O) groups is 1. The SMILES string of the molecule is O=C(NCC1(CO)CC1)[C@@H]1CCCNC1. The Balaban J connectivity index is 1.72. The molecule has 0 aromatic heterocycles. The molecule has 2 aliphatic rings. The van der Waals surface area contributed by atoms with Gasteiger partial charge in [0.05, 0.1) is 12.5 Å². The lowest BCUT2D eigenvalue weighted by atomic mass is 9.98. The molecule has 0 aromatic rings. The maximum atomic E-state index is 11.8. The van der Waals surface area contributed by atoms with Gasteiger partial charge in [-0.1, -0.05) is 0 Å². The van der Waals surface area contributed by atoms with Crippen LogP contribution in [-0.2, 0) is 4.79 Å². The van der Waals surface area contributed by atoms with Crippen LogP contribution in [0.1, 0.15) is 25.7 Å². The molecule has 1 aliphatic carbocycles. The largest absolute Gasteiger partial charge is 0.396 e. The minimum absolute atomic E-state index is 0.0256. The summed E-state index contributed by atoms with van der Waals surface area (Å²) in [7, 11) is 0. The van der Waals surface area contributed by atoms with Gasteiger partial charge in [0, 0.05) is 18.5 Å². The van der Waals surface area contributed by atoms with E-state index in [1.807, 2.05) is 0 Å². The van der Waals surface area contributed by atoms with Crippen molar-refractivity contribution in [1.29, 1.82) is 0 Å². The standard InChI is InChI=1S/C11H20N2O2/c14-8-11(3-4-11)7-13-10(15)9-2-1-5-12-6-9/h9,12,14H,1-8H2,(H,13,15)/t9-/m1/s1. The van der Waals surface area contributed by atoms with Gasteiger partial charge < -0.3 is 15.7 Å². The van der Waals surface area contributed by atoms with Gasteiger partial charge in [0.2, 0.25) is 5.91 Å². The van der Waals surface area contributed by atoms with Crippen LogP contribution in [0.2, 0.25) is 0 Å². The predicted molar refractivity (Wildman–Crippen MR) is 57.4 cm³/mol. The summed E-state index contributed by atoms with van der Waals surface area (Å²) >= 11 is 0. The van der Waals surface area contributed by atoms with Crippen molar-refractivity contribution in [2.45, 2.75) is 25.7 Å². The first-order valence-corrected chi connectivity index (χ1v) is 5.85. The van der Waals surface area contributed by atoms with Crippen LogP contribution in [0, 0.1) is 11.3 Å². The number of piperidine rings is 1. The average Bonchev–Trinajstić information content (AvgIpc) is 3.08. The number of nitrogens with one attached hydrogen (secondary N) is 2. The van der Waals surface area contributed by atoms with E-state index in [-0.39, 0.29) is 23.8 Å². The molecule has 4 heteroatoms. The molecule has 1 atom stereocenters. The predicted octanol–water partition coefficient (Wildman–Crippen LogP) is -0.125. The van der Waals surface area contributed by atoms with Crippen LogP contribution in [0.3, 0.4) is 0 Å². The Bertz CT molecular complexity index is 233. The van der Waals surface area contributed by atoms with E-state index in [0.29, 0.717) is 6.54 Å². The quantitative estimate of drug-likeness (QED) is 0.608. The second-order valence-corrected chi connectivity index (χ2v) is 4.92. The third-order valence-electron chi connectivity index (χ3n) is 3.60. The van der Waals surface area contributed by atoms with Gasteiger partial charge in [0.15, 0.2) is 0 Å². The van der Waals surface area contributed by atoms with E-state index in [1.54, 1.807) is 0 Å². The van der Waals surface area contributed by atoms with Gasteiger partial charge in [-0.15, -0.1) is 0 Å². The van der Waals surface area contributed by atoms with Crippen molar-refractivity contribution >= 4 is 5.91 Å². The number of aliphatic hydroxyl groups excluding tert-OH is 1. The van der Waals surface area contributed by atoms with E-state index >= 15 is 0 Å². The molecule has 86 valence electrons. The molecule has 3 N–H and O–H groups in total. The maximum Gasteiger partial charge on any atom is 0.224 e. The molecule has 2 rings (SSSR count). The zero-order valence-electron chi connectivity index (χ0n) is 9.09. The molecule has 1 saturated carbocycles. The fourth-order valence-electron chi connectivity index (χ4n) is 2.06. The third kappa shape index (κ3) is 2.69. The van der Waals surface area contributed by atoms with E-state index in [9.17, 15) is 4.79 Å². The Morgan fingerprint density at radius 3 is 2.87 bits per heavy atom. The Hall–Kier alpha value is -0.610. The van der Waals surface area contributed by atoms with Crippen LogP contribution < -0.4 is 10.6 Å². The first-order valence-electron chi connectivity index (χ1n) is 5.85. The highest BCUT2D eigenvalue weighted by atomic mass is 16.3. The lowest BCUT2D eigenvalue weighted by Crippen LogP contribution is -2.42.